The van der Waals surface area contributed by atoms with Gasteiger partial charge in [0.2, 0.25) is 0 Å². The molecule has 0 radical (unpaired) electrons. The Labute approximate surface area is 128 Å². The van der Waals surface area contributed by atoms with Gasteiger partial charge in [0.15, 0.2) is 5.82 Å². The number of nitrogens with one attached hydrogen (secondary N) is 1. The zero-order valence-electron chi connectivity index (χ0n) is 12.4. The van der Waals surface area contributed by atoms with E-state index >= 15 is 0 Å². The molecule has 4 nitrogen and oxygen atoms in total. The minimum atomic E-state index is 0.00279. The lowest BCUT2D eigenvalue weighted by atomic mass is 9.89. The van der Waals surface area contributed by atoms with E-state index in [9.17, 15) is 4.79 Å². The maximum Gasteiger partial charge on any atom is 0.260 e. The largest absolute Gasteiger partial charge is 0.328 e. The fraction of sp³-hybridized carbons (Fsp3) is 0.500. The van der Waals surface area contributed by atoms with Gasteiger partial charge in [0.25, 0.3) is 5.56 Å². The minimum Gasteiger partial charge on any atom is -0.328 e. The van der Waals surface area contributed by atoms with Gasteiger partial charge in [0.1, 0.15) is 17.4 Å². The Balaban J connectivity index is 2.05. The second-order valence-corrected chi connectivity index (χ2v) is 7.00. The molecule has 2 aromatic rings. The maximum absolute atomic E-state index is 12.4. The first-order valence-electron chi connectivity index (χ1n) is 7.41. The Kier molecular flexibility index (Phi) is 3.83. The number of quaternary nitrogens is 1. The first kappa shape index (κ1) is 14.3. The van der Waals surface area contributed by atoms with Crippen LogP contribution >= 0.6 is 11.3 Å². The summed E-state index contributed by atoms with van der Waals surface area (Å²) in [6.45, 7) is 4.87. The predicted octanol–water partition coefficient (Wildman–Crippen LogP) is 1.37. The molecular formula is C16H20N3OS+. The van der Waals surface area contributed by atoms with Crippen molar-refractivity contribution in [2.45, 2.75) is 39.2 Å². The Morgan fingerprint density at radius 1 is 1.62 bits per heavy atom. The summed E-state index contributed by atoms with van der Waals surface area (Å²) in [5, 5.41) is 2.81. The highest BCUT2D eigenvalue weighted by atomic mass is 32.1. The Morgan fingerprint density at radius 3 is 3.19 bits per heavy atom. The van der Waals surface area contributed by atoms with E-state index in [0.29, 0.717) is 12.5 Å². The van der Waals surface area contributed by atoms with E-state index in [-0.39, 0.29) is 11.6 Å². The molecule has 0 aliphatic heterocycles. The van der Waals surface area contributed by atoms with Crippen LogP contribution in [0.1, 0.15) is 42.6 Å². The molecule has 1 aliphatic carbocycles. The molecule has 2 aromatic heterocycles. The summed E-state index contributed by atoms with van der Waals surface area (Å²) in [5.74, 6) is 4.01. The molecule has 0 unspecified atom stereocenters. The molecular weight excluding hydrogens is 282 g/mol. The van der Waals surface area contributed by atoms with E-state index < -0.39 is 0 Å². The number of fused-ring (bicyclic) bond motifs is 3. The molecule has 2 atom stereocenters. The second-order valence-electron chi connectivity index (χ2n) is 5.92. The highest BCUT2D eigenvalue weighted by molar-refractivity contribution is 7.18. The first-order chi connectivity index (χ1) is 10.1. The van der Waals surface area contributed by atoms with Crippen molar-refractivity contribution in [2.24, 2.45) is 5.92 Å². The van der Waals surface area contributed by atoms with E-state index in [0.717, 1.165) is 35.3 Å². The van der Waals surface area contributed by atoms with Crippen LogP contribution in [0, 0.1) is 18.3 Å². The van der Waals surface area contributed by atoms with Crippen LogP contribution in [0.4, 0.5) is 0 Å². The molecule has 21 heavy (non-hydrogen) atoms. The number of aryl methyl sites for hydroxylation is 1. The minimum absolute atomic E-state index is 0.00279. The van der Waals surface area contributed by atoms with Gasteiger partial charge in [-0.1, -0.05) is 6.92 Å². The fourth-order valence-corrected chi connectivity index (χ4v) is 4.33. The van der Waals surface area contributed by atoms with Crippen molar-refractivity contribution in [1.29, 1.82) is 0 Å². The van der Waals surface area contributed by atoms with Crippen LogP contribution in [-0.2, 0) is 12.8 Å². The van der Waals surface area contributed by atoms with Crippen molar-refractivity contribution in [3.05, 3.63) is 26.6 Å². The number of thiophene rings is 1. The van der Waals surface area contributed by atoms with Gasteiger partial charge in [-0.2, -0.15) is 0 Å². The number of nitrogens with zero attached hydrogens (tertiary/aromatic N) is 1. The molecule has 0 aromatic carbocycles. The van der Waals surface area contributed by atoms with Crippen molar-refractivity contribution in [1.82, 2.24) is 9.97 Å². The molecule has 0 saturated carbocycles. The first-order valence-corrected chi connectivity index (χ1v) is 8.23. The van der Waals surface area contributed by atoms with Gasteiger partial charge in [-0.15, -0.1) is 17.8 Å². The highest BCUT2D eigenvalue weighted by Crippen LogP contribution is 2.35. The van der Waals surface area contributed by atoms with E-state index in [4.69, 9.17) is 6.42 Å². The van der Waals surface area contributed by atoms with Gasteiger partial charge >= 0.3 is 0 Å². The van der Waals surface area contributed by atoms with Crippen molar-refractivity contribution >= 4 is 21.6 Å². The molecule has 110 valence electrons. The third-order valence-corrected chi connectivity index (χ3v) is 5.35. The summed E-state index contributed by atoms with van der Waals surface area (Å²) in [4.78, 5) is 22.3. The van der Waals surface area contributed by atoms with E-state index in [1.165, 1.54) is 10.4 Å². The van der Waals surface area contributed by atoms with Gasteiger partial charge in [0.05, 0.1) is 5.39 Å². The zero-order chi connectivity index (χ0) is 15.0. The monoisotopic (exact) mass is 302 g/mol. The molecule has 1 aliphatic rings. The Bertz CT molecular complexity index is 768. The van der Waals surface area contributed by atoms with E-state index in [2.05, 4.69) is 22.8 Å². The summed E-state index contributed by atoms with van der Waals surface area (Å²) in [7, 11) is 0. The quantitative estimate of drug-likeness (QED) is 0.841. The van der Waals surface area contributed by atoms with E-state index in [1.807, 2.05) is 12.2 Å². The smallest absolute Gasteiger partial charge is 0.260 e. The van der Waals surface area contributed by atoms with Crippen molar-refractivity contribution in [3.63, 3.8) is 0 Å². The van der Waals surface area contributed by atoms with Crippen molar-refractivity contribution in [2.75, 3.05) is 6.54 Å². The number of H-pyrrole nitrogens is 1. The van der Waals surface area contributed by atoms with Gasteiger partial charge in [-0.3, -0.25) is 4.79 Å². The summed E-state index contributed by atoms with van der Waals surface area (Å²) in [5.41, 5.74) is 1.23. The average molecular weight is 302 g/mol. The van der Waals surface area contributed by atoms with Crippen molar-refractivity contribution < 1.29 is 5.32 Å². The normalized spacial score (nSPS) is 19.2. The van der Waals surface area contributed by atoms with E-state index in [1.54, 1.807) is 11.3 Å². The Hall–Kier alpha value is -1.64. The standard InChI is InChI=1S/C16H19N3OS/c1-4-7-17-10(3)14-18-15(20)13-11-6-5-9(2)8-12(11)21-16(13)19-14/h1,9-10,17H,5-8H2,2-3H3,(H,18,19,20)/p+1/t9-,10+/m0/s1. The van der Waals surface area contributed by atoms with Gasteiger partial charge in [0, 0.05) is 4.88 Å². The van der Waals surface area contributed by atoms with Crippen LogP contribution in [0.25, 0.3) is 10.2 Å². The zero-order valence-corrected chi connectivity index (χ0v) is 13.2. The molecule has 0 amide bonds. The fourth-order valence-electron chi connectivity index (χ4n) is 2.94. The molecule has 5 heteroatoms. The molecule has 2 heterocycles. The van der Waals surface area contributed by atoms with Crippen LogP contribution in [0.2, 0.25) is 0 Å². The summed E-state index contributed by atoms with van der Waals surface area (Å²) >= 11 is 1.69. The summed E-state index contributed by atoms with van der Waals surface area (Å²) < 4.78 is 0. The number of rotatable bonds is 3. The topological polar surface area (TPSA) is 62.4 Å². The average Bonchev–Trinajstić information content (AvgIpc) is 2.82. The number of nitrogens with two attached hydrogens (primary N) is 1. The molecule has 0 saturated heterocycles. The Morgan fingerprint density at radius 2 is 2.43 bits per heavy atom. The lowest BCUT2D eigenvalue weighted by Gasteiger charge is -2.17. The lowest BCUT2D eigenvalue weighted by molar-refractivity contribution is -0.683. The summed E-state index contributed by atoms with van der Waals surface area (Å²) in [6.07, 6.45) is 8.51. The number of hydrogen-bond acceptors (Lipinski definition) is 3. The SMILES string of the molecule is C#CC[NH2+][C@H](C)c1nc2sc3c(c2c(=O)[nH]1)CC[C@H](C)C3. The third-order valence-electron chi connectivity index (χ3n) is 4.20. The molecule has 0 bridgehead atoms. The van der Waals surface area contributed by atoms with Crippen LogP contribution in [0.15, 0.2) is 4.79 Å². The van der Waals surface area contributed by atoms with Gasteiger partial charge < -0.3 is 10.3 Å². The van der Waals surface area contributed by atoms with Crippen LogP contribution in [0.5, 0.6) is 0 Å². The van der Waals surface area contributed by atoms with Crippen LogP contribution in [-0.4, -0.2) is 16.5 Å². The molecule has 0 fully saturated rings. The lowest BCUT2D eigenvalue weighted by Crippen LogP contribution is -2.84. The second kappa shape index (κ2) is 5.63. The number of aromatic nitrogens is 2. The van der Waals surface area contributed by atoms with Crippen molar-refractivity contribution in [3.8, 4) is 12.3 Å². The molecule has 0 spiro atoms. The van der Waals surface area contributed by atoms with Gasteiger partial charge in [-0.25, -0.2) is 4.98 Å². The maximum atomic E-state index is 12.4. The van der Waals surface area contributed by atoms with Crippen LogP contribution in [0.3, 0.4) is 0 Å². The summed E-state index contributed by atoms with van der Waals surface area (Å²) in [6, 6.07) is 0.0659. The molecule has 3 N–H and O–H groups in total. The highest BCUT2D eigenvalue weighted by Gasteiger charge is 2.24. The number of hydrogen-bond donors (Lipinski definition) is 2. The molecule has 3 rings (SSSR count). The van der Waals surface area contributed by atoms with Crippen LogP contribution < -0.4 is 10.9 Å². The number of aromatic amines is 1. The number of terminal acetylenes is 1. The third kappa shape index (κ3) is 2.61. The predicted molar refractivity (Wildman–Crippen MR) is 85.5 cm³/mol. The van der Waals surface area contributed by atoms with Gasteiger partial charge in [-0.05, 0) is 43.6 Å².